The minimum Gasteiger partial charge on any atom is -0.494 e. The van der Waals surface area contributed by atoms with Crippen molar-refractivity contribution in [2.24, 2.45) is 5.92 Å². The van der Waals surface area contributed by atoms with E-state index in [-0.39, 0.29) is 24.0 Å². The number of benzene rings is 1. The predicted molar refractivity (Wildman–Crippen MR) is 85.6 cm³/mol. The topological polar surface area (TPSA) is 92.7 Å². The van der Waals surface area contributed by atoms with Crippen LogP contribution in [0.5, 0.6) is 5.75 Å². The van der Waals surface area contributed by atoms with Gasteiger partial charge in [0.15, 0.2) is 5.78 Å². The number of ketones is 1. The highest BCUT2D eigenvalue weighted by Crippen LogP contribution is 2.13. The van der Waals surface area contributed by atoms with E-state index in [1.165, 1.54) is 6.92 Å². The van der Waals surface area contributed by atoms with Crippen LogP contribution < -0.4 is 10.1 Å². The van der Waals surface area contributed by atoms with Gasteiger partial charge in [-0.2, -0.15) is 0 Å². The summed E-state index contributed by atoms with van der Waals surface area (Å²) in [5, 5.41) is 11.5. The first kappa shape index (κ1) is 18.7. The molecule has 0 radical (unpaired) electrons. The minimum absolute atomic E-state index is 0.00800. The Labute approximate surface area is 135 Å². The van der Waals surface area contributed by atoms with Crippen LogP contribution in [0.15, 0.2) is 24.3 Å². The maximum Gasteiger partial charge on any atom is 0.326 e. The van der Waals surface area contributed by atoms with E-state index in [9.17, 15) is 14.4 Å². The summed E-state index contributed by atoms with van der Waals surface area (Å²) in [4.78, 5) is 33.9. The molecule has 1 atom stereocenters. The van der Waals surface area contributed by atoms with Crippen LogP contribution in [-0.4, -0.2) is 35.4 Å². The molecule has 0 heterocycles. The monoisotopic (exact) mass is 321 g/mol. The molecule has 1 rings (SSSR count). The number of amides is 1. The molecular formula is C17H23NO5. The van der Waals surface area contributed by atoms with E-state index < -0.39 is 12.0 Å². The summed E-state index contributed by atoms with van der Waals surface area (Å²) in [5.41, 5.74) is 0.616. The van der Waals surface area contributed by atoms with E-state index in [1.807, 2.05) is 0 Å². The van der Waals surface area contributed by atoms with Crippen molar-refractivity contribution in [3.8, 4) is 5.75 Å². The Kier molecular flexibility index (Phi) is 7.25. The fourth-order valence-electron chi connectivity index (χ4n) is 1.97. The Balaban J connectivity index is 2.32. The zero-order valence-corrected chi connectivity index (χ0v) is 13.7. The quantitative estimate of drug-likeness (QED) is 0.537. The van der Waals surface area contributed by atoms with E-state index >= 15 is 0 Å². The van der Waals surface area contributed by atoms with Crippen LogP contribution in [0.1, 0.15) is 44.0 Å². The molecule has 1 aromatic rings. The number of Topliss-reactive ketones (excluding diaryl/α,β-unsaturated/α-hetero) is 1. The predicted octanol–water partition coefficient (Wildman–Crippen LogP) is 2.27. The number of carboxylic acid groups (broad SMARTS) is 1. The molecule has 1 amide bonds. The molecule has 0 saturated heterocycles. The highest BCUT2D eigenvalue weighted by Gasteiger charge is 2.22. The number of carbonyl (C=O) groups excluding carboxylic acids is 2. The number of carboxylic acids is 1. The molecule has 23 heavy (non-hydrogen) atoms. The summed E-state index contributed by atoms with van der Waals surface area (Å²) in [6.07, 6.45) is 0.673. The zero-order valence-electron chi connectivity index (χ0n) is 13.7. The van der Waals surface area contributed by atoms with Gasteiger partial charge in [-0.3, -0.25) is 9.59 Å². The molecule has 126 valence electrons. The molecule has 0 spiro atoms. The van der Waals surface area contributed by atoms with Gasteiger partial charge in [-0.05, 0) is 43.5 Å². The van der Waals surface area contributed by atoms with Gasteiger partial charge in [0.2, 0.25) is 5.91 Å². The first-order valence-corrected chi connectivity index (χ1v) is 7.57. The molecule has 1 aromatic carbocycles. The maximum atomic E-state index is 11.7. The second-order valence-corrected chi connectivity index (χ2v) is 5.66. The smallest absolute Gasteiger partial charge is 0.326 e. The van der Waals surface area contributed by atoms with Crippen LogP contribution in [0, 0.1) is 5.92 Å². The maximum absolute atomic E-state index is 11.7. The number of hydrogen-bond acceptors (Lipinski definition) is 4. The molecule has 0 fully saturated rings. The van der Waals surface area contributed by atoms with Gasteiger partial charge in [-0.15, -0.1) is 0 Å². The second-order valence-electron chi connectivity index (χ2n) is 5.66. The number of ether oxygens (including phenoxy) is 1. The van der Waals surface area contributed by atoms with Crippen LogP contribution >= 0.6 is 0 Å². The Morgan fingerprint density at radius 3 is 2.26 bits per heavy atom. The van der Waals surface area contributed by atoms with Gasteiger partial charge >= 0.3 is 5.97 Å². The van der Waals surface area contributed by atoms with E-state index in [2.05, 4.69) is 5.32 Å². The fourth-order valence-corrected chi connectivity index (χ4v) is 1.97. The average Bonchev–Trinajstić information content (AvgIpc) is 2.49. The zero-order chi connectivity index (χ0) is 17.4. The fraction of sp³-hybridized carbons (Fsp3) is 0.471. The lowest BCUT2D eigenvalue weighted by Crippen LogP contribution is -2.44. The van der Waals surface area contributed by atoms with E-state index in [4.69, 9.17) is 9.84 Å². The first-order chi connectivity index (χ1) is 10.8. The van der Waals surface area contributed by atoms with Crippen molar-refractivity contribution in [1.82, 2.24) is 5.32 Å². The lowest BCUT2D eigenvalue weighted by molar-refractivity contribution is -0.143. The van der Waals surface area contributed by atoms with Crippen molar-refractivity contribution < 1.29 is 24.2 Å². The molecule has 6 heteroatoms. The van der Waals surface area contributed by atoms with Gasteiger partial charge in [-0.25, -0.2) is 4.79 Å². The summed E-state index contributed by atoms with van der Waals surface area (Å²) in [6.45, 7) is 5.32. The van der Waals surface area contributed by atoms with Crippen molar-refractivity contribution >= 4 is 17.7 Å². The molecule has 0 aliphatic carbocycles. The summed E-state index contributed by atoms with van der Waals surface area (Å²) < 4.78 is 5.48. The average molecular weight is 321 g/mol. The first-order valence-electron chi connectivity index (χ1n) is 7.57. The Bertz CT molecular complexity index is 551. The Hall–Kier alpha value is -2.37. The van der Waals surface area contributed by atoms with Crippen LogP contribution in [0.4, 0.5) is 0 Å². The lowest BCUT2D eigenvalue weighted by Gasteiger charge is -2.17. The molecule has 2 N–H and O–H groups in total. The summed E-state index contributed by atoms with van der Waals surface area (Å²) in [6, 6.07) is 5.91. The van der Waals surface area contributed by atoms with Crippen LogP contribution in [-0.2, 0) is 9.59 Å². The van der Waals surface area contributed by atoms with Gasteiger partial charge in [-0.1, -0.05) is 13.8 Å². The molecule has 0 aliphatic heterocycles. The molecule has 0 aliphatic rings. The third kappa shape index (κ3) is 6.50. The van der Waals surface area contributed by atoms with Gasteiger partial charge in [0.25, 0.3) is 0 Å². The van der Waals surface area contributed by atoms with Crippen molar-refractivity contribution in [2.75, 3.05) is 6.61 Å². The molecule has 0 aromatic heterocycles. The van der Waals surface area contributed by atoms with Crippen LogP contribution in [0.25, 0.3) is 0 Å². The Morgan fingerprint density at radius 2 is 1.78 bits per heavy atom. The standard InChI is InChI=1S/C17H23NO5/c1-11(2)16(17(21)22)18-15(20)5-4-10-23-14-8-6-13(7-9-14)12(3)19/h6-9,11,16H,4-5,10H2,1-3H3,(H,18,20)(H,21,22). The Morgan fingerprint density at radius 1 is 1.17 bits per heavy atom. The molecular weight excluding hydrogens is 298 g/mol. The summed E-state index contributed by atoms with van der Waals surface area (Å²) in [5.74, 6) is -0.892. The molecule has 0 bridgehead atoms. The van der Waals surface area contributed by atoms with Crippen molar-refractivity contribution in [3.05, 3.63) is 29.8 Å². The van der Waals surface area contributed by atoms with Crippen molar-refractivity contribution in [3.63, 3.8) is 0 Å². The number of hydrogen-bond donors (Lipinski definition) is 2. The largest absolute Gasteiger partial charge is 0.494 e. The van der Waals surface area contributed by atoms with Crippen LogP contribution in [0.2, 0.25) is 0 Å². The van der Waals surface area contributed by atoms with Crippen molar-refractivity contribution in [1.29, 1.82) is 0 Å². The minimum atomic E-state index is -1.03. The molecule has 0 saturated carbocycles. The summed E-state index contributed by atoms with van der Waals surface area (Å²) >= 11 is 0. The molecule has 6 nitrogen and oxygen atoms in total. The van der Waals surface area contributed by atoms with Crippen molar-refractivity contribution in [2.45, 2.75) is 39.7 Å². The lowest BCUT2D eigenvalue weighted by atomic mass is 10.0. The van der Waals surface area contributed by atoms with Gasteiger partial charge in [0.05, 0.1) is 6.61 Å². The third-order valence-corrected chi connectivity index (χ3v) is 3.33. The van der Waals surface area contributed by atoms with Gasteiger partial charge in [0.1, 0.15) is 11.8 Å². The normalized spacial score (nSPS) is 11.8. The number of nitrogens with one attached hydrogen (secondary N) is 1. The highest BCUT2D eigenvalue weighted by molar-refractivity contribution is 5.94. The number of rotatable bonds is 9. The number of aliphatic carboxylic acids is 1. The highest BCUT2D eigenvalue weighted by atomic mass is 16.5. The van der Waals surface area contributed by atoms with E-state index in [1.54, 1.807) is 38.1 Å². The second kappa shape index (κ2) is 8.92. The molecule has 1 unspecified atom stereocenters. The van der Waals surface area contributed by atoms with E-state index in [0.29, 0.717) is 24.3 Å². The van der Waals surface area contributed by atoms with Crippen LogP contribution in [0.3, 0.4) is 0 Å². The summed E-state index contributed by atoms with van der Waals surface area (Å²) in [7, 11) is 0. The van der Waals surface area contributed by atoms with Gasteiger partial charge in [0, 0.05) is 12.0 Å². The third-order valence-electron chi connectivity index (χ3n) is 3.33. The number of carbonyl (C=O) groups is 3. The van der Waals surface area contributed by atoms with Gasteiger partial charge < -0.3 is 15.2 Å². The SMILES string of the molecule is CC(=O)c1ccc(OCCCC(=O)NC(C(=O)O)C(C)C)cc1. The van der Waals surface area contributed by atoms with E-state index in [0.717, 1.165) is 0 Å².